The highest BCUT2D eigenvalue weighted by atomic mass is 35.5. The number of nitrogens with zero attached hydrogens (tertiary/aromatic N) is 2. The van der Waals surface area contributed by atoms with E-state index in [0.717, 1.165) is 11.1 Å². The molecular formula is C14H11ClN2O. The van der Waals surface area contributed by atoms with Crippen LogP contribution in [0.25, 0.3) is 0 Å². The van der Waals surface area contributed by atoms with Crippen molar-refractivity contribution in [2.75, 3.05) is 0 Å². The molecule has 0 radical (unpaired) electrons. The standard InChI is InChI=1S/C14H11ClN2O/c1-10-4-5-11(9-16)7-13(10)18-14-12(8-15)3-2-6-17-14/h2-7H,8H2,1H3. The summed E-state index contributed by atoms with van der Waals surface area (Å²) in [6.07, 6.45) is 1.65. The van der Waals surface area contributed by atoms with Gasteiger partial charge in [-0.05, 0) is 30.7 Å². The molecule has 0 N–H and O–H groups in total. The van der Waals surface area contributed by atoms with E-state index in [1.807, 2.05) is 25.1 Å². The second-order valence-electron chi connectivity index (χ2n) is 3.80. The van der Waals surface area contributed by atoms with Gasteiger partial charge < -0.3 is 4.74 Å². The summed E-state index contributed by atoms with van der Waals surface area (Å²) in [7, 11) is 0. The molecule has 0 aliphatic carbocycles. The van der Waals surface area contributed by atoms with E-state index in [9.17, 15) is 0 Å². The van der Waals surface area contributed by atoms with Crippen molar-refractivity contribution in [1.82, 2.24) is 4.98 Å². The highest BCUT2D eigenvalue weighted by molar-refractivity contribution is 6.17. The summed E-state index contributed by atoms with van der Waals surface area (Å²) < 4.78 is 5.73. The molecule has 2 aromatic rings. The van der Waals surface area contributed by atoms with Gasteiger partial charge >= 0.3 is 0 Å². The molecule has 0 saturated carbocycles. The molecule has 0 aliphatic rings. The Labute approximate surface area is 111 Å². The molecule has 2 rings (SSSR count). The van der Waals surface area contributed by atoms with Gasteiger partial charge in [-0.25, -0.2) is 4.98 Å². The highest BCUT2D eigenvalue weighted by Gasteiger charge is 2.07. The van der Waals surface area contributed by atoms with Crippen LogP contribution >= 0.6 is 11.6 Å². The smallest absolute Gasteiger partial charge is 0.223 e. The normalized spacial score (nSPS) is 9.83. The topological polar surface area (TPSA) is 45.9 Å². The minimum Gasteiger partial charge on any atom is -0.438 e. The number of rotatable bonds is 3. The molecule has 4 heteroatoms. The molecule has 0 fully saturated rings. The van der Waals surface area contributed by atoms with E-state index in [0.29, 0.717) is 23.1 Å². The fourth-order valence-corrected chi connectivity index (χ4v) is 1.70. The lowest BCUT2D eigenvalue weighted by atomic mass is 10.1. The second-order valence-corrected chi connectivity index (χ2v) is 4.06. The van der Waals surface area contributed by atoms with E-state index < -0.39 is 0 Å². The Hall–Kier alpha value is -2.05. The molecular weight excluding hydrogens is 248 g/mol. The molecule has 0 aliphatic heterocycles. The lowest BCUT2D eigenvalue weighted by Crippen LogP contribution is -1.94. The molecule has 0 saturated heterocycles. The van der Waals surface area contributed by atoms with Crippen molar-refractivity contribution in [3.8, 4) is 17.7 Å². The number of aromatic nitrogens is 1. The Balaban J connectivity index is 2.37. The summed E-state index contributed by atoms with van der Waals surface area (Å²) in [6, 6.07) is 11.0. The Morgan fingerprint density at radius 3 is 2.94 bits per heavy atom. The maximum absolute atomic E-state index is 8.88. The molecule has 0 bridgehead atoms. The van der Waals surface area contributed by atoms with Gasteiger partial charge in [0.05, 0.1) is 17.5 Å². The van der Waals surface area contributed by atoms with Crippen LogP contribution in [0.4, 0.5) is 0 Å². The summed E-state index contributed by atoms with van der Waals surface area (Å²) in [5.41, 5.74) is 2.32. The van der Waals surface area contributed by atoms with Crippen molar-refractivity contribution in [2.24, 2.45) is 0 Å². The lowest BCUT2D eigenvalue weighted by Gasteiger charge is -2.10. The minimum atomic E-state index is 0.333. The van der Waals surface area contributed by atoms with Gasteiger partial charge in [0.15, 0.2) is 0 Å². The van der Waals surface area contributed by atoms with Gasteiger partial charge in [-0.1, -0.05) is 12.1 Å². The SMILES string of the molecule is Cc1ccc(C#N)cc1Oc1ncccc1CCl. The van der Waals surface area contributed by atoms with Crippen LogP contribution in [-0.4, -0.2) is 4.98 Å². The lowest BCUT2D eigenvalue weighted by molar-refractivity contribution is 0.455. The van der Waals surface area contributed by atoms with Crippen molar-refractivity contribution < 1.29 is 4.74 Å². The molecule has 0 spiro atoms. The van der Waals surface area contributed by atoms with Gasteiger partial charge in [-0.15, -0.1) is 11.6 Å². The number of ether oxygens (including phenoxy) is 1. The fourth-order valence-electron chi connectivity index (χ4n) is 1.50. The average Bonchev–Trinajstić information content (AvgIpc) is 2.42. The van der Waals surface area contributed by atoms with Gasteiger partial charge in [-0.3, -0.25) is 0 Å². The molecule has 18 heavy (non-hydrogen) atoms. The number of alkyl halides is 1. The zero-order chi connectivity index (χ0) is 13.0. The van der Waals surface area contributed by atoms with E-state index >= 15 is 0 Å². The summed E-state index contributed by atoms with van der Waals surface area (Å²) in [5.74, 6) is 1.44. The van der Waals surface area contributed by atoms with E-state index in [1.165, 1.54) is 0 Å². The summed E-state index contributed by atoms with van der Waals surface area (Å²) in [5, 5.41) is 8.88. The van der Waals surface area contributed by atoms with Gasteiger partial charge in [0.2, 0.25) is 5.88 Å². The molecule has 3 nitrogen and oxygen atoms in total. The van der Waals surface area contributed by atoms with Crippen molar-refractivity contribution >= 4 is 11.6 Å². The van der Waals surface area contributed by atoms with Gasteiger partial charge in [0, 0.05) is 11.8 Å². The maximum atomic E-state index is 8.88. The predicted octanol–water partition coefficient (Wildman–Crippen LogP) is 3.79. The summed E-state index contributed by atoms with van der Waals surface area (Å²) in [6.45, 7) is 1.92. The Kier molecular flexibility index (Phi) is 3.81. The Morgan fingerprint density at radius 1 is 1.39 bits per heavy atom. The first-order valence-electron chi connectivity index (χ1n) is 5.43. The van der Waals surface area contributed by atoms with Crippen LogP contribution in [0.3, 0.4) is 0 Å². The zero-order valence-corrected chi connectivity index (χ0v) is 10.6. The van der Waals surface area contributed by atoms with Crippen molar-refractivity contribution in [3.63, 3.8) is 0 Å². The summed E-state index contributed by atoms with van der Waals surface area (Å²) >= 11 is 5.82. The average molecular weight is 259 g/mol. The third kappa shape index (κ3) is 2.61. The van der Waals surface area contributed by atoms with E-state index in [-0.39, 0.29) is 0 Å². The van der Waals surface area contributed by atoms with Crippen LogP contribution < -0.4 is 4.74 Å². The number of halogens is 1. The first kappa shape index (κ1) is 12.4. The van der Waals surface area contributed by atoms with Crippen molar-refractivity contribution in [1.29, 1.82) is 5.26 Å². The van der Waals surface area contributed by atoms with Crippen molar-refractivity contribution in [2.45, 2.75) is 12.8 Å². The van der Waals surface area contributed by atoms with Crippen molar-refractivity contribution in [3.05, 3.63) is 53.2 Å². The van der Waals surface area contributed by atoms with Crippen LogP contribution in [0.15, 0.2) is 36.5 Å². The molecule has 0 unspecified atom stereocenters. The number of nitriles is 1. The monoisotopic (exact) mass is 258 g/mol. The molecule has 0 atom stereocenters. The fraction of sp³-hybridized carbons (Fsp3) is 0.143. The number of aryl methyl sites for hydroxylation is 1. The Morgan fingerprint density at radius 2 is 2.22 bits per heavy atom. The third-order valence-electron chi connectivity index (χ3n) is 2.52. The molecule has 90 valence electrons. The second kappa shape index (κ2) is 5.52. The van der Waals surface area contributed by atoms with Crippen LogP contribution in [0, 0.1) is 18.3 Å². The first-order chi connectivity index (χ1) is 8.74. The number of pyridine rings is 1. The summed E-state index contributed by atoms with van der Waals surface area (Å²) in [4.78, 5) is 4.15. The first-order valence-corrected chi connectivity index (χ1v) is 5.96. The zero-order valence-electron chi connectivity index (χ0n) is 9.85. The molecule has 0 amide bonds. The van der Waals surface area contributed by atoms with E-state index in [2.05, 4.69) is 11.1 Å². The predicted molar refractivity (Wildman–Crippen MR) is 69.8 cm³/mol. The number of hydrogen-bond acceptors (Lipinski definition) is 3. The highest BCUT2D eigenvalue weighted by Crippen LogP contribution is 2.27. The molecule has 1 aromatic heterocycles. The molecule has 1 heterocycles. The van der Waals surface area contributed by atoms with Crippen LogP contribution in [0.5, 0.6) is 11.6 Å². The van der Waals surface area contributed by atoms with Gasteiger partial charge in [0.1, 0.15) is 5.75 Å². The van der Waals surface area contributed by atoms with Gasteiger partial charge in [-0.2, -0.15) is 5.26 Å². The Bertz CT molecular complexity index is 605. The number of benzene rings is 1. The van der Waals surface area contributed by atoms with Crippen LogP contribution in [-0.2, 0) is 5.88 Å². The quantitative estimate of drug-likeness (QED) is 0.787. The third-order valence-corrected chi connectivity index (χ3v) is 2.81. The van der Waals surface area contributed by atoms with Crippen LogP contribution in [0.1, 0.15) is 16.7 Å². The van der Waals surface area contributed by atoms with Crippen LogP contribution in [0.2, 0.25) is 0 Å². The maximum Gasteiger partial charge on any atom is 0.223 e. The van der Waals surface area contributed by atoms with E-state index in [4.69, 9.17) is 21.6 Å². The van der Waals surface area contributed by atoms with E-state index in [1.54, 1.807) is 18.3 Å². The minimum absolute atomic E-state index is 0.333. The molecule has 1 aromatic carbocycles. The largest absolute Gasteiger partial charge is 0.438 e. The number of hydrogen-bond donors (Lipinski definition) is 0. The van der Waals surface area contributed by atoms with Gasteiger partial charge in [0.25, 0.3) is 0 Å².